The Morgan fingerprint density at radius 3 is 2.16 bits per heavy atom. The lowest BCUT2D eigenvalue weighted by molar-refractivity contribution is -0.250. The molecule has 10 atom stereocenters. The van der Waals surface area contributed by atoms with Gasteiger partial charge >= 0.3 is 11.9 Å². The van der Waals surface area contributed by atoms with Gasteiger partial charge in [-0.1, -0.05) is 79.9 Å². The molecule has 6 nitrogen and oxygen atoms in total. The van der Waals surface area contributed by atoms with E-state index in [0.717, 1.165) is 38.5 Å². The predicted molar refractivity (Wildman–Crippen MR) is 199 cm³/mol. The zero-order chi connectivity index (χ0) is 36.5. The minimum Gasteiger partial charge on any atom is -0.481 e. The molecule has 282 valence electrons. The van der Waals surface area contributed by atoms with Gasteiger partial charge in [0.2, 0.25) is 5.91 Å². The van der Waals surface area contributed by atoms with Crippen LogP contribution in [0.4, 0.5) is 0 Å². The van der Waals surface area contributed by atoms with Crippen LogP contribution in [0.3, 0.4) is 0 Å². The third kappa shape index (κ3) is 6.31. The Kier molecular flexibility index (Phi) is 10.0. The maximum atomic E-state index is 13.8. The smallest absolute Gasteiger partial charge is 0.306 e. The number of amides is 1. The van der Waals surface area contributed by atoms with Crippen molar-refractivity contribution in [2.75, 3.05) is 0 Å². The van der Waals surface area contributed by atoms with Crippen LogP contribution in [0, 0.1) is 62.1 Å². The van der Waals surface area contributed by atoms with E-state index in [9.17, 15) is 19.5 Å². The van der Waals surface area contributed by atoms with Crippen molar-refractivity contribution in [1.29, 1.82) is 0 Å². The lowest BCUT2D eigenvalue weighted by Crippen LogP contribution is -2.67. The van der Waals surface area contributed by atoms with E-state index in [1.165, 1.54) is 63.4 Å². The quantitative estimate of drug-likeness (QED) is 0.185. The molecule has 0 saturated heterocycles. The summed E-state index contributed by atoms with van der Waals surface area (Å²) in [6, 6.07) is 0.371. The SMILES string of the molecule is C=C(C)[C@@H]1CC[C@]2(CC(=O)NC3CCCCC3)CC[C@]3(C)[C@H](CC[C@@H]4[C@@]5(C)CC[C@H](OC(=O)CC(C)(C)CC(=O)O)C(C)(C)[C@@H]5CC[C@]43C)[C@@H]12. The van der Waals surface area contributed by atoms with E-state index in [1.807, 2.05) is 13.8 Å². The van der Waals surface area contributed by atoms with Gasteiger partial charge in [-0.25, -0.2) is 0 Å². The second-order valence-electron chi connectivity index (χ2n) is 20.9. The van der Waals surface area contributed by atoms with E-state index in [4.69, 9.17) is 4.74 Å². The van der Waals surface area contributed by atoms with Crippen LogP contribution in [-0.2, 0) is 19.1 Å². The molecule has 6 rings (SSSR count). The van der Waals surface area contributed by atoms with Crippen molar-refractivity contribution in [3.63, 3.8) is 0 Å². The molecule has 0 aromatic carbocycles. The molecule has 0 unspecified atom stereocenters. The Hall–Kier alpha value is -1.85. The Morgan fingerprint density at radius 2 is 1.50 bits per heavy atom. The van der Waals surface area contributed by atoms with Crippen molar-refractivity contribution in [3.05, 3.63) is 12.2 Å². The molecular weight excluding hydrogens is 622 g/mol. The summed E-state index contributed by atoms with van der Waals surface area (Å²) in [5.74, 6) is 1.93. The summed E-state index contributed by atoms with van der Waals surface area (Å²) in [5.41, 5.74) is 1.27. The van der Waals surface area contributed by atoms with Gasteiger partial charge in [0.15, 0.2) is 0 Å². The highest BCUT2D eigenvalue weighted by Gasteiger charge is 2.71. The number of hydrogen-bond acceptors (Lipinski definition) is 4. The third-order valence-corrected chi connectivity index (χ3v) is 17.2. The summed E-state index contributed by atoms with van der Waals surface area (Å²) in [6.45, 7) is 23.1. The number of nitrogens with one attached hydrogen (secondary N) is 1. The summed E-state index contributed by atoms with van der Waals surface area (Å²) in [4.78, 5) is 38.4. The van der Waals surface area contributed by atoms with Crippen LogP contribution in [0.1, 0.15) is 171 Å². The number of carboxylic acids is 1. The number of carbonyl (C=O) groups is 3. The molecule has 0 spiro atoms. The molecule has 0 bridgehead atoms. The van der Waals surface area contributed by atoms with Crippen molar-refractivity contribution in [1.82, 2.24) is 5.32 Å². The number of rotatable bonds is 9. The Morgan fingerprint density at radius 1 is 0.800 bits per heavy atom. The first kappa shape index (κ1) is 37.9. The minimum absolute atomic E-state index is 0.0420. The summed E-state index contributed by atoms with van der Waals surface area (Å²) >= 11 is 0. The topological polar surface area (TPSA) is 92.7 Å². The van der Waals surface area contributed by atoms with Crippen molar-refractivity contribution in [2.45, 2.75) is 183 Å². The number of carbonyl (C=O) groups excluding carboxylic acids is 2. The van der Waals surface area contributed by atoms with E-state index in [-0.39, 0.29) is 52.0 Å². The first-order valence-electron chi connectivity index (χ1n) is 20.6. The minimum atomic E-state index is -0.878. The third-order valence-electron chi connectivity index (χ3n) is 17.2. The maximum absolute atomic E-state index is 13.8. The molecule has 6 fully saturated rings. The number of hydrogen-bond donors (Lipinski definition) is 2. The number of carboxylic acid groups (broad SMARTS) is 1. The van der Waals surface area contributed by atoms with Crippen molar-refractivity contribution < 1.29 is 24.2 Å². The van der Waals surface area contributed by atoms with Crippen LogP contribution in [0.15, 0.2) is 12.2 Å². The van der Waals surface area contributed by atoms with E-state index in [1.54, 1.807) is 0 Å². The molecule has 0 aliphatic heterocycles. The number of ether oxygens (including phenoxy) is 1. The molecule has 0 radical (unpaired) electrons. The largest absolute Gasteiger partial charge is 0.481 e. The molecule has 0 aromatic rings. The van der Waals surface area contributed by atoms with Crippen LogP contribution in [0.2, 0.25) is 0 Å². The standard InChI is InChI=1S/C44H71NO5/c1-28(2)30-17-22-44(25-35(46)45-29-13-11-10-12-14-29)24-23-42(8)31(38(30)44)15-16-33-41(7)20-19-34(40(5,6)32(41)18-21-43(33,42)9)50-37(49)27-39(3,4)26-36(47)48/h29-34,38H,1,10-27H2,2-9H3,(H,45,46)(H,47,48)/t30-,31+,32-,33+,34-,38+,41-,42+,43+,44+/m0/s1. The van der Waals surface area contributed by atoms with E-state index in [0.29, 0.717) is 48.0 Å². The molecule has 2 N–H and O–H groups in total. The van der Waals surface area contributed by atoms with Gasteiger partial charge in [0.05, 0.1) is 12.8 Å². The van der Waals surface area contributed by atoms with Gasteiger partial charge in [0.25, 0.3) is 0 Å². The van der Waals surface area contributed by atoms with Crippen LogP contribution in [-0.4, -0.2) is 35.1 Å². The van der Waals surface area contributed by atoms with E-state index in [2.05, 4.69) is 53.4 Å². The average Bonchev–Trinajstić information content (AvgIpc) is 3.38. The normalized spacial score (nSPS) is 42.6. The summed E-state index contributed by atoms with van der Waals surface area (Å²) in [5, 5.41) is 12.9. The molecule has 0 heterocycles. The second-order valence-corrected chi connectivity index (χ2v) is 20.9. The summed E-state index contributed by atoms with van der Waals surface area (Å²) in [6.07, 6.45) is 18.3. The Labute approximate surface area is 304 Å². The van der Waals surface area contributed by atoms with Gasteiger partial charge in [0.1, 0.15) is 6.10 Å². The molecule has 6 aliphatic carbocycles. The maximum Gasteiger partial charge on any atom is 0.306 e. The lowest BCUT2D eigenvalue weighted by atomic mass is 9.32. The van der Waals surface area contributed by atoms with Crippen LogP contribution in [0.5, 0.6) is 0 Å². The number of allylic oxidation sites excluding steroid dienone is 1. The molecule has 50 heavy (non-hydrogen) atoms. The molecule has 1 amide bonds. The van der Waals surface area contributed by atoms with Gasteiger partial charge in [-0.15, -0.1) is 0 Å². The molecule has 0 aromatic heterocycles. The zero-order valence-electron chi connectivity index (χ0n) is 33.1. The Bertz CT molecular complexity index is 1350. The highest BCUT2D eigenvalue weighted by Crippen LogP contribution is 2.78. The average molecular weight is 694 g/mol. The van der Waals surface area contributed by atoms with Gasteiger partial charge < -0.3 is 15.2 Å². The number of esters is 1. The summed E-state index contributed by atoms with van der Waals surface area (Å²) in [7, 11) is 0. The van der Waals surface area contributed by atoms with E-state index < -0.39 is 11.4 Å². The first-order valence-corrected chi connectivity index (χ1v) is 20.6. The van der Waals surface area contributed by atoms with Crippen molar-refractivity contribution >= 4 is 17.8 Å². The lowest BCUT2D eigenvalue weighted by Gasteiger charge is -2.73. The van der Waals surface area contributed by atoms with Crippen LogP contribution < -0.4 is 5.32 Å². The van der Waals surface area contributed by atoms with Crippen molar-refractivity contribution in [3.8, 4) is 0 Å². The first-order chi connectivity index (χ1) is 23.3. The fourth-order valence-electron chi connectivity index (χ4n) is 14.7. The fraction of sp³-hybridized carbons (Fsp3) is 0.886. The monoisotopic (exact) mass is 694 g/mol. The fourth-order valence-corrected chi connectivity index (χ4v) is 14.7. The Balaban J connectivity index is 1.22. The number of fused-ring (bicyclic) bond motifs is 7. The van der Waals surface area contributed by atoms with Gasteiger partial charge in [-0.05, 0) is 141 Å². The highest BCUT2D eigenvalue weighted by atomic mass is 16.5. The molecular formula is C44H71NO5. The molecule has 6 saturated carbocycles. The summed E-state index contributed by atoms with van der Waals surface area (Å²) < 4.78 is 6.28. The van der Waals surface area contributed by atoms with Crippen LogP contribution in [0.25, 0.3) is 0 Å². The second kappa shape index (κ2) is 13.2. The number of aliphatic carboxylic acids is 1. The zero-order valence-corrected chi connectivity index (χ0v) is 33.1. The molecule has 6 heteroatoms. The molecule has 6 aliphatic rings. The highest BCUT2D eigenvalue weighted by molar-refractivity contribution is 5.77. The van der Waals surface area contributed by atoms with Crippen LogP contribution >= 0.6 is 0 Å². The van der Waals surface area contributed by atoms with Gasteiger partial charge in [-0.3, -0.25) is 14.4 Å². The van der Waals surface area contributed by atoms with Gasteiger partial charge in [-0.2, -0.15) is 0 Å². The van der Waals surface area contributed by atoms with Crippen molar-refractivity contribution in [2.24, 2.45) is 62.1 Å². The predicted octanol–water partition coefficient (Wildman–Crippen LogP) is 10.3. The van der Waals surface area contributed by atoms with Gasteiger partial charge in [0, 0.05) is 17.9 Å². The van der Waals surface area contributed by atoms with E-state index >= 15 is 0 Å².